The molecule has 0 aliphatic heterocycles. The Morgan fingerprint density at radius 2 is 1.10 bits per heavy atom. The lowest BCUT2D eigenvalue weighted by molar-refractivity contribution is 0.192. The van der Waals surface area contributed by atoms with Crippen molar-refractivity contribution in [2.45, 2.75) is 59.3 Å². The van der Waals surface area contributed by atoms with E-state index in [9.17, 15) is 14.0 Å². The van der Waals surface area contributed by atoms with Gasteiger partial charge in [-0.15, -0.1) is 0 Å². The van der Waals surface area contributed by atoms with Crippen molar-refractivity contribution in [1.29, 1.82) is 0 Å². The molecule has 8 heteroatoms. The molecule has 0 bridgehead atoms. The van der Waals surface area contributed by atoms with Crippen molar-refractivity contribution in [2.24, 2.45) is 0 Å². The van der Waals surface area contributed by atoms with Crippen molar-refractivity contribution in [3.63, 3.8) is 0 Å². The molecule has 6 nitrogen and oxygen atoms in total. The molecular weight excluding hydrogens is 302 g/mol. The van der Waals surface area contributed by atoms with Crippen LogP contribution in [0.5, 0.6) is 0 Å². The summed E-state index contributed by atoms with van der Waals surface area (Å²) in [5.74, 6) is 0. The highest BCUT2D eigenvalue weighted by Crippen LogP contribution is 2.81. The monoisotopic (exact) mass is 330 g/mol. The third kappa shape index (κ3) is 7.35. The maximum absolute atomic E-state index is 12.5. The summed E-state index contributed by atoms with van der Waals surface area (Å²) < 4.78 is 39.7. The molecule has 0 saturated carbocycles. The summed E-state index contributed by atoms with van der Waals surface area (Å²) in [4.78, 5) is 9.88. The predicted octanol–water partition coefficient (Wildman–Crippen LogP) is 4.73. The van der Waals surface area contributed by atoms with Crippen LogP contribution in [0.2, 0.25) is 0 Å². The van der Waals surface area contributed by atoms with E-state index in [2.05, 4.69) is 0 Å². The highest BCUT2D eigenvalue weighted by atomic mass is 32.1. The average molecular weight is 330 g/mol. The van der Waals surface area contributed by atoms with Crippen LogP contribution in [0.25, 0.3) is 0 Å². The normalized spacial score (nSPS) is 15.2. The summed E-state index contributed by atoms with van der Waals surface area (Å²) in [5, 5.41) is 0. The number of unbranched alkanes of at least 4 members (excludes halogenated alkanes) is 3. The molecule has 0 aromatic rings. The molecule has 0 aliphatic carbocycles. The Hall–Kier alpha value is 0.300. The highest BCUT2D eigenvalue weighted by Gasteiger charge is 2.48. The molecule has 1 N–H and O–H groups in total. The van der Waals surface area contributed by atoms with E-state index in [0.29, 0.717) is 19.3 Å². The summed E-state index contributed by atoms with van der Waals surface area (Å²) in [6.45, 7) is 6.15. The van der Waals surface area contributed by atoms with E-state index >= 15 is 0 Å². The van der Waals surface area contributed by atoms with Crippen LogP contribution in [0.1, 0.15) is 59.3 Å². The lowest BCUT2D eigenvalue weighted by Crippen LogP contribution is -2.03. The van der Waals surface area contributed by atoms with E-state index < -0.39 is 14.6 Å². The van der Waals surface area contributed by atoms with E-state index in [-0.39, 0.29) is 19.8 Å². The Labute approximate surface area is 122 Å². The first-order valence-electron chi connectivity index (χ1n) is 7.30. The van der Waals surface area contributed by atoms with Gasteiger partial charge in [-0.1, -0.05) is 40.0 Å². The van der Waals surface area contributed by atoms with Crippen molar-refractivity contribution in [3.8, 4) is 0 Å². The molecule has 0 heterocycles. The van der Waals surface area contributed by atoms with Crippen LogP contribution >= 0.6 is 14.6 Å². The van der Waals surface area contributed by atoms with Crippen molar-refractivity contribution in [1.82, 2.24) is 0 Å². The van der Waals surface area contributed by atoms with E-state index in [1.807, 2.05) is 20.8 Å². The first-order chi connectivity index (χ1) is 9.43. The largest absolute Gasteiger partial charge is 0.441 e. The number of rotatable bonds is 13. The fraction of sp³-hybridized carbons (Fsp3) is 1.00. The Balaban J connectivity index is 4.69. The number of hydrogen-bond donors (Lipinski definition) is 1. The van der Waals surface area contributed by atoms with Crippen molar-refractivity contribution >= 4 is 14.6 Å². The van der Waals surface area contributed by atoms with Gasteiger partial charge in [0.2, 0.25) is 0 Å². The van der Waals surface area contributed by atoms with Crippen molar-refractivity contribution < 1.29 is 27.6 Å². The van der Waals surface area contributed by atoms with Crippen LogP contribution in [0.4, 0.5) is 0 Å². The lowest BCUT2D eigenvalue weighted by Gasteiger charge is -2.22. The minimum Gasteiger partial charge on any atom is -0.316 e. The Morgan fingerprint density at radius 3 is 1.45 bits per heavy atom. The third-order valence-electron chi connectivity index (χ3n) is 2.57. The van der Waals surface area contributed by atoms with Crippen LogP contribution < -0.4 is 0 Å². The molecule has 0 saturated heterocycles. The zero-order valence-corrected chi connectivity index (χ0v) is 14.5. The number of hydrogen-bond acceptors (Lipinski definition) is 5. The van der Waals surface area contributed by atoms with Gasteiger partial charge in [-0.3, -0.25) is 0 Å². The molecule has 0 aromatic carbocycles. The molecule has 20 heavy (non-hydrogen) atoms. The summed E-state index contributed by atoms with van der Waals surface area (Å²) in [6, 6.07) is 0. The minimum absolute atomic E-state index is 0.0720. The maximum atomic E-state index is 12.5. The zero-order valence-electron chi connectivity index (χ0n) is 12.7. The highest BCUT2D eigenvalue weighted by molar-refractivity contribution is 8.27. The van der Waals surface area contributed by atoms with Gasteiger partial charge in [0.1, 0.15) is 0 Å². The maximum Gasteiger partial charge on any atom is 0.441 e. The van der Waals surface area contributed by atoms with Gasteiger partial charge in [-0.2, -0.15) is 0 Å². The molecular formula is C12H28O6P2. The van der Waals surface area contributed by atoms with Gasteiger partial charge < -0.3 is 18.5 Å². The topological polar surface area (TPSA) is 82.1 Å². The Kier molecular flexibility index (Phi) is 11.1. The van der Waals surface area contributed by atoms with Gasteiger partial charge in [0.15, 0.2) is 0 Å². The molecule has 1 unspecified atom stereocenters. The van der Waals surface area contributed by atoms with Crippen LogP contribution in [-0.2, 0) is 22.7 Å². The Bertz CT molecular complexity index is 320. The fourth-order valence-corrected chi connectivity index (χ4v) is 4.86. The van der Waals surface area contributed by atoms with Crippen LogP contribution in [0, 0.1) is 0 Å². The van der Waals surface area contributed by atoms with E-state index in [1.54, 1.807) is 0 Å². The SMILES string of the molecule is CCCCOP(=O)(O)P(=O)(OCCCC)OCCCC. The summed E-state index contributed by atoms with van der Waals surface area (Å²) in [6.07, 6.45) is 4.40. The van der Waals surface area contributed by atoms with Gasteiger partial charge in [-0.25, -0.2) is 9.13 Å². The van der Waals surface area contributed by atoms with Gasteiger partial charge in [0, 0.05) is 0 Å². The van der Waals surface area contributed by atoms with E-state index in [1.165, 1.54) is 0 Å². The molecule has 0 spiro atoms. The fourth-order valence-electron chi connectivity index (χ4n) is 1.23. The molecule has 0 rings (SSSR count). The molecule has 0 aromatic heterocycles. The van der Waals surface area contributed by atoms with E-state index in [4.69, 9.17) is 13.6 Å². The molecule has 122 valence electrons. The van der Waals surface area contributed by atoms with Gasteiger partial charge in [0.25, 0.3) is 0 Å². The molecule has 0 amide bonds. The summed E-state index contributed by atoms with van der Waals surface area (Å²) >= 11 is 0. The predicted molar refractivity (Wildman–Crippen MR) is 80.0 cm³/mol. The van der Waals surface area contributed by atoms with Crippen LogP contribution in [0.3, 0.4) is 0 Å². The quantitative estimate of drug-likeness (QED) is 0.388. The molecule has 0 radical (unpaired) electrons. The zero-order chi connectivity index (χ0) is 15.5. The van der Waals surface area contributed by atoms with Gasteiger partial charge in [0.05, 0.1) is 19.8 Å². The standard InChI is InChI=1S/C12H28O6P2/c1-4-7-10-16-19(13,14)20(15,17-11-8-5-2)18-12-9-6-3/h4-12H2,1-3H3,(H,13,14). The molecule has 0 aliphatic rings. The second-order valence-electron chi connectivity index (χ2n) is 4.52. The van der Waals surface area contributed by atoms with Crippen molar-refractivity contribution in [3.05, 3.63) is 0 Å². The van der Waals surface area contributed by atoms with E-state index in [0.717, 1.165) is 19.3 Å². The Morgan fingerprint density at radius 1 is 0.750 bits per heavy atom. The first kappa shape index (κ1) is 20.3. The van der Waals surface area contributed by atoms with Gasteiger partial charge in [-0.05, 0) is 19.3 Å². The lowest BCUT2D eigenvalue weighted by atomic mass is 10.4. The van der Waals surface area contributed by atoms with Crippen molar-refractivity contribution in [2.75, 3.05) is 19.8 Å². The smallest absolute Gasteiger partial charge is 0.316 e. The molecule has 0 fully saturated rings. The summed E-state index contributed by atoms with van der Waals surface area (Å²) in [5.41, 5.74) is 0. The molecule has 1 atom stereocenters. The van der Waals surface area contributed by atoms with Gasteiger partial charge >= 0.3 is 14.6 Å². The third-order valence-corrected chi connectivity index (χ3v) is 7.62. The second kappa shape index (κ2) is 10.9. The van der Waals surface area contributed by atoms with Crippen LogP contribution in [0.15, 0.2) is 0 Å². The summed E-state index contributed by atoms with van der Waals surface area (Å²) in [7, 11) is -8.55. The average Bonchev–Trinajstić information content (AvgIpc) is 2.39. The minimum atomic E-state index is -4.41. The van der Waals surface area contributed by atoms with Crippen LogP contribution in [-0.4, -0.2) is 24.7 Å². The first-order valence-corrected chi connectivity index (χ1v) is 11.1. The second-order valence-corrected chi connectivity index (χ2v) is 10.2.